The van der Waals surface area contributed by atoms with Crippen LogP contribution in [0.5, 0.6) is 5.75 Å². The monoisotopic (exact) mass is 285 g/mol. The summed E-state index contributed by atoms with van der Waals surface area (Å²) >= 11 is 3.17. The second-order valence-electron chi connectivity index (χ2n) is 3.88. The van der Waals surface area contributed by atoms with Gasteiger partial charge in [0.05, 0.1) is 0 Å². The Balaban J connectivity index is 2.56. The molecule has 0 aliphatic heterocycles. The number of halogens is 1. The molecule has 1 aromatic carbocycles. The maximum absolute atomic E-state index is 11.7. The molecule has 3 nitrogen and oxygen atoms in total. The third-order valence-electron chi connectivity index (χ3n) is 2.01. The van der Waals surface area contributed by atoms with E-state index in [1.807, 2.05) is 0 Å². The van der Waals surface area contributed by atoms with E-state index >= 15 is 0 Å². The molecule has 0 heterocycles. The van der Waals surface area contributed by atoms with Gasteiger partial charge in [0.1, 0.15) is 11.3 Å². The molecule has 0 aromatic heterocycles. The van der Waals surface area contributed by atoms with E-state index in [1.165, 1.54) is 0 Å². The highest BCUT2D eigenvalue weighted by molar-refractivity contribution is 9.09. The van der Waals surface area contributed by atoms with Gasteiger partial charge in [-0.25, -0.2) is 0 Å². The lowest BCUT2D eigenvalue weighted by Crippen LogP contribution is -2.27. The largest absolute Gasteiger partial charge is 0.482 e. The lowest BCUT2D eigenvalue weighted by Gasteiger charge is -2.08. The van der Waals surface area contributed by atoms with Crippen LogP contribution in [0.15, 0.2) is 24.3 Å². The molecule has 0 aliphatic rings. The Bertz CT molecular complexity index is 335. The number of benzene rings is 1. The quantitative estimate of drug-likeness (QED) is 0.845. The van der Waals surface area contributed by atoms with Crippen molar-refractivity contribution in [1.29, 1.82) is 0 Å². The molecule has 16 heavy (non-hydrogen) atoms. The van der Waals surface area contributed by atoms with Gasteiger partial charge >= 0.3 is 0 Å². The number of alkyl halides is 1. The molecule has 1 amide bonds. The van der Waals surface area contributed by atoms with Crippen LogP contribution in [0.25, 0.3) is 0 Å². The molecule has 0 fully saturated rings. The highest BCUT2D eigenvalue weighted by atomic mass is 79.9. The van der Waals surface area contributed by atoms with Crippen molar-refractivity contribution < 1.29 is 9.53 Å². The highest BCUT2D eigenvalue weighted by Crippen LogP contribution is 2.12. The summed E-state index contributed by atoms with van der Waals surface area (Å²) in [5.74, 6) is 1.16. The molecule has 1 N–H and O–H groups in total. The van der Waals surface area contributed by atoms with Crippen LogP contribution in [-0.2, 0) is 0 Å². The average molecular weight is 286 g/mol. The number of ether oxygens (including phenoxy) is 1. The van der Waals surface area contributed by atoms with E-state index in [-0.39, 0.29) is 5.91 Å². The molecule has 88 valence electrons. The van der Waals surface area contributed by atoms with Crippen LogP contribution < -0.4 is 10.1 Å². The molecule has 0 aliphatic carbocycles. The second-order valence-corrected chi connectivity index (χ2v) is 4.34. The smallest absolute Gasteiger partial charge is 0.251 e. The average Bonchev–Trinajstić information content (AvgIpc) is 2.27. The van der Waals surface area contributed by atoms with Crippen LogP contribution in [0.2, 0.25) is 0 Å². The Labute approximate surface area is 104 Å². The maximum atomic E-state index is 11.7. The Morgan fingerprint density at radius 2 is 2.00 bits per heavy atom. The topological polar surface area (TPSA) is 38.3 Å². The Kier molecular flexibility index (Phi) is 5.32. The molecule has 1 aromatic rings. The van der Waals surface area contributed by atoms with Crippen molar-refractivity contribution in [1.82, 2.24) is 5.32 Å². The second kappa shape index (κ2) is 6.53. The van der Waals surface area contributed by atoms with Crippen LogP contribution in [0, 0.1) is 5.92 Å². The van der Waals surface area contributed by atoms with Crippen LogP contribution in [-0.4, -0.2) is 18.0 Å². The minimum Gasteiger partial charge on any atom is -0.482 e. The maximum Gasteiger partial charge on any atom is 0.251 e. The zero-order valence-corrected chi connectivity index (χ0v) is 11.1. The van der Waals surface area contributed by atoms with Crippen LogP contribution in [0.1, 0.15) is 24.2 Å². The van der Waals surface area contributed by atoms with Crippen LogP contribution in [0.4, 0.5) is 0 Å². The molecule has 0 unspecified atom stereocenters. The first-order valence-corrected chi connectivity index (χ1v) is 6.32. The first-order valence-electron chi connectivity index (χ1n) is 5.20. The first kappa shape index (κ1) is 13.0. The normalized spacial score (nSPS) is 10.2. The van der Waals surface area contributed by atoms with Gasteiger partial charge in [0.15, 0.2) is 0 Å². The fraction of sp³-hybridized carbons (Fsp3) is 0.417. The first-order chi connectivity index (χ1) is 7.63. The van der Waals surface area contributed by atoms with Gasteiger partial charge in [0, 0.05) is 12.1 Å². The molecule has 4 heteroatoms. The Morgan fingerprint density at radius 1 is 1.38 bits per heavy atom. The van der Waals surface area contributed by atoms with Crippen molar-refractivity contribution in [3.63, 3.8) is 0 Å². The van der Waals surface area contributed by atoms with Gasteiger partial charge in [0.2, 0.25) is 0 Å². The van der Waals surface area contributed by atoms with E-state index in [0.717, 1.165) is 5.75 Å². The van der Waals surface area contributed by atoms with Crippen molar-refractivity contribution in [2.75, 3.05) is 12.1 Å². The summed E-state index contributed by atoms with van der Waals surface area (Å²) in [6, 6.07) is 7.08. The summed E-state index contributed by atoms with van der Waals surface area (Å²) in [4.78, 5) is 11.7. The highest BCUT2D eigenvalue weighted by Gasteiger charge is 2.05. The Morgan fingerprint density at radius 3 is 2.50 bits per heavy atom. The van der Waals surface area contributed by atoms with Crippen molar-refractivity contribution in [3.05, 3.63) is 29.8 Å². The zero-order chi connectivity index (χ0) is 12.0. The number of carbonyl (C=O) groups is 1. The van der Waals surface area contributed by atoms with Crippen molar-refractivity contribution in [3.8, 4) is 5.75 Å². The van der Waals surface area contributed by atoms with E-state index in [4.69, 9.17) is 4.74 Å². The lowest BCUT2D eigenvalue weighted by molar-refractivity contribution is 0.0949. The third kappa shape index (κ3) is 4.23. The SMILES string of the molecule is CC(C)CNC(=O)c1ccc(OCBr)cc1. The third-order valence-corrected chi connectivity index (χ3v) is 2.24. The summed E-state index contributed by atoms with van der Waals surface area (Å²) in [6.07, 6.45) is 0. The van der Waals surface area contributed by atoms with Gasteiger partial charge < -0.3 is 10.1 Å². The van der Waals surface area contributed by atoms with E-state index in [0.29, 0.717) is 23.5 Å². The fourth-order valence-corrected chi connectivity index (χ4v) is 1.43. The molecule has 0 saturated carbocycles. The molecule has 1 rings (SSSR count). The number of rotatable bonds is 5. The van der Waals surface area contributed by atoms with Gasteiger partial charge in [-0.15, -0.1) is 0 Å². The molecular weight excluding hydrogens is 270 g/mol. The summed E-state index contributed by atoms with van der Waals surface area (Å²) < 4.78 is 5.22. The summed E-state index contributed by atoms with van der Waals surface area (Å²) in [5.41, 5.74) is 1.11. The van der Waals surface area contributed by atoms with E-state index in [9.17, 15) is 4.79 Å². The molecule has 0 saturated heterocycles. The predicted molar refractivity (Wildman–Crippen MR) is 68.0 cm³/mol. The molecule has 0 atom stereocenters. The van der Waals surface area contributed by atoms with Gasteiger partial charge in [-0.3, -0.25) is 4.79 Å². The lowest BCUT2D eigenvalue weighted by atomic mass is 10.2. The van der Waals surface area contributed by atoms with Crippen LogP contribution >= 0.6 is 15.9 Å². The van der Waals surface area contributed by atoms with E-state index < -0.39 is 0 Å². The van der Waals surface area contributed by atoms with E-state index in [2.05, 4.69) is 35.1 Å². The molecular formula is C12H16BrNO2. The minimum atomic E-state index is -0.0425. The number of carbonyl (C=O) groups excluding carboxylic acids is 1. The Hall–Kier alpha value is -1.03. The van der Waals surface area contributed by atoms with Gasteiger partial charge in [-0.1, -0.05) is 13.8 Å². The van der Waals surface area contributed by atoms with Gasteiger partial charge in [-0.05, 0) is 46.1 Å². The van der Waals surface area contributed by atoms with Crippen molar-refractivity contribution in [2.24, 2.45) is 5.92 Å². The summed E-state index contributed by atoms with van der Waals surface area (Å²) in [7, 11) is 0. The molecule has 0 bridgehead atoms. The number of hydrogen-bond acceptors (Lipinski definition) is 2. The standard InChI is InChI=1S/C12H16BrNO2/c1-9(2)7-14-12(15)10-3-5-11(6-4-10)16-8-13/h3-6,9H,7-8H2,1-2H3,(H,14,15). The van der Waals surface area contributed by atoms with Crippen LogP contribution in [0.3, 0.4) is 0 Å². The molecule has 0 spiro atoms. The summed E-state index contributed by atoms with van der Waals surface area (Å²) in [6.45, 7) is 4.82. The van der Waals surface area contributed by atoms with Gasteiger partial charge in [-0.2, -0.15) is 0 Å². The predicted octanol–water partition coefficient (Wildman–Crippen LogP) is 2.80. The minimum absolute atomic E-state index is 0.0425. The number of amides is 1. The van der Waals surface area contributed by atoms with Gasteiger partial charge in [0.25, 0.3) is 5.91 Å². The van der Waals surface area contributed by atoms with E-state index in [1.54, 1.807) is 24.3 Å². The van der Waals surface area contributed by atoms with Crippen molar-refractivity contribution >= 4 is 21.8 Å². The number of hydrogen-bond donors (Lipinski definition) is 1. The summed E-state index contributed by atoms with van der Waals surface area (Å²) in [5, 5.41) is 2.86. The molecule has 0 radical (unpaired) electrons. The fourth-order valence-electron chi connectivity index (χ4n) is 1.16. The number of nitrogens with one attached hydrogen (secondary N) is 1. The zero-order valence-electron chi connectivity index (χ0n) is 9.50. The van der Waals surface area contributed by atoms with Crippen molar-refractivity contribution in [2.45, 2.75) is 13.8 Å².